The van der Waals surface area contributed by atoms with Crippen LogP contribution in [0.1, 0.15) is 45.7 Å². The predicted octanol–water partition coefficient (Wildman–Crippen LogP) is 3.54. The molecule has 1 heteroatoms. The van der Waals surface area contributed by atoms with Crippen molar-refractivity contribution >= 4 is 0 Å². The van der Waals surface area contributed by atoms with Crippen LogP contribution in [0.4, 0.5) is 0 Å². The molecule has 1 nitrogen and oxygen atoms in total. The van der Waals surface area contributed by atoms with E-state index in [0.29, 0.717) is 0 Å². The van der Waals surface area contributed by atoms with Crippen LogP contribution in [0.15, 0.2) is 24.3 Å². The number of benzene rings is 1. The van der Waals surface area contributed by atoms with Crippen LogP contribution in [0.3, 0.4) is 0 Å². The highest BCUT2D eigenvalue weighted by Crippen LogP contribution is 2.42. The molecule has 82 valence electrons. The van der Waals surface area contributed by atoms with E-state index in [9.17, 15) is 0 Å². The SMILES string of the molecule is CC(C)(C)N1Cc2ccccc2C1(C)C. The summed E-state index contributed by atoms with van der Waals surface area (Å²) in [7, 11) is 0. The molecule has 0 aromatic heterocycles. The van der Waals surface area contributed by atoms with E-state index in [1.807, 2.05) is 0 Å². The van der Waals surface area contributed by atoms with Gasteiger partial charge in [-0.3, -0.25) is 4.90 Å². The highest BCUT2D eigenvalue weighted by atomic mass is 15.3. The maximum atomic E-state index is 2.57. The molecule has 0 atom stereocenters. The molecule has 0 unspecified atom stereocenters. The van der Waals surface area contributed by atoms with Crippen LogP contribution in [-0.2, 0) is 12.1 Å². The lowest BCUT2D eigenvalue weighted by Crippen LogP contribution is -2.47. The monoisotopic (exact) mass is 203 g/mol. The van der Waals surface area contributed by atoms with E-state index in [4.69, 9.17) is 0 Å². The van der Waals surface area contributed by atoms with E-state index in [-0.39, 0.29) is 11.1 Å². The molecule has 1 aromatic rings. The average molecular weight is 203 g/mol. The summed E-state index contributed by atoms with van der Waals surface area (Å²) in [5.41, 5.74) is 3.36. The van der Waals surface area contributed by atoms with Gasteiger partial charge in [0.1, 0.15) is 0 Å². The smallest absolute Gasteiger partial charge is 0.0416 e. The first-order valence-corrected chi connectivity index (χ1v) is 5.69. The molecule has 1 aliphatic rings. The molecule has 0 radical (unpaired) electrons. The van der Waals surface area contributed by atoms with E-state index < -0.39 is 0 Å². The highest BCUT2D eigenvalue weighted by molar-refractivity contribution is 5.37. The molecule has 0 saturated heterocycles. The van der Waals surface area contributed by atoms with Gasteiger partial charge >= 0.3 is 0 Å². The van der Waals surface area contributed by atoms with Crippen LogP contribution >= 0.6 is 0 Å². The number of hydrogen-bond acceptors (Lipinski definition) is 1. The molecule has 2 rings (SSSR count). The third-order valence-electron chi connectivity index (χ3n) is 3.49. The Hall–Kier alpha value is -0.820. The second-order valence-corrected chi connectivity index (χ2v) is 5.97. The van der Waals surface area contributed by atoms with E-state index in [1.165, 1.54) is 11.1 Å². The Bertz CT molecular complexity index is 371. The Labute approximate surface area is 93.1 Å². The summed E-state index contributed by atoms with van der Waals surface area (Å²) in [4.78, 5) is 2.57. The molecule has 0 fully saturated rings. The lowest BCUT2D eigenvalue weighted by molar-refractivity contribution is 0.0357. The molecule has 0 amide bonds. The van der Waals surface area contributed by atoms with Gasteiger partial charge in [0, 0.05) is 17.6 Å². The normalized spacial score (nSPS) is 20.3. The lowest BCUT2D eigenvalue weighted by Gasteiger charge is -2.42. The second-order valence-electron chi connectivity index (χ2n) is 5.97. The molecule has 0 saturated carbocycles. The van der Waals surface area contributed by atoms with Gasteiger partial charge in [0.25, 0.3) is 0 Å². The van der Waals surface area contributed by atoms with Gasteiger partial charge in [0.2, 0.25) is 0 Å². The molecule has 0 N–H and O–H groups in total. The Morgan fingerprint density at radius 2 is 1.73 bits per heavy atom. The third kappa shape index (κ3) is 1.59. The van der Waals surface area contributed by atoms with Crippen molar-refractivity contribution in [2.45, 2.75) is 52.2 Å². The molecule has 0 bridgehead atoms. The van der Waals surface area contributed by atoms with Crippen molar-refractivity contribution in [3.63, 3.8) is 0 Å². The van der Waals surface area contributed by atoms with Gasteiger partial charge in [-0.15, -0.1) is 0 Å². The van der Waals surface area contributed by atoms with E-state index >= 15 is 0 Å². The van der Waals surface area contributed by atoms with Crippen molar-refractivity contribution in [2.24, 2.45) is 0 Å². The van der Waals surface area contributed by atoms with Crippen LogP contribution in [0.2, 0.25) is 0 Å². The van der Waals surface area contributed by atoms with E-state index in [2.05, 4.69) is 63.8 Å². The Morgan fingerprint density at radius 3 is 2.27 bits per heavy atom. The van der Waals surface area contributed by atoms with Gasteiger partial charge in [0.15, 0.2) is 0 Å². The fourth-order valence-corrected chi connectivity index (χ4v) is 2.84. The largest absolute Gasteiger partial charge is 0.285 e. The van der Waals surface area contributed by atoms with E-state index in [1.54, 1.807) is 0 Å². The summed E-state index contributed by atoms with van der Waals surface area (Å²) in [5.74, 6) is 0. The van der Waals surface area contributed by atoms with Crippen molar-refractivity contribution in [3.05, 3.63) is 35.4 Å². The highest BCUT2D eigenvalue weighted by Gasteiger charge is 2.42. The summed E-state index contributed by atoms with van der Waals surface area (Å²) in [5, 5.41) is 0. The van der Waals surface area contributed by atoms with Crippen molar-refractivity contribution < 1.29 is 0 Å². The fourth-order valence-electron chi connectivity index (χ4n) is 2.84. The van der Waals surface area contributed by atoms with Crippen LogP contribution in [-0.4, -0.2) is 10.4 Å². The van der Waals surface area contributed by atoms with Crippen LogP contribution in [0.5, 0.6) is 0 Å². The van der Waals surface area contributed by atoms with Crippen molar-refractivity contribution in [3.8, 4) is 0 Å². The van der Waals surface area contributed by atoms with Crippen LogP contribution in [0, 0.1) is 0 Å². The minimum Gasteiger partial charge on any atom is -0.285 e. The van der Waals surface area contributed by atoms with Crippen molar-refractivity contribution in [1.82, 2.24) is 4.90 Å². The number of fused-ring (bicyclic) bond motifs is 1. The third-order valence-corrected chi connectivity index (χ3v) is 3.49. The maximum Gasteiger partial charge on any atom is 0.0416 e. The molecular formula is C14H21N. The Balaban J connectivity index is 2.47. The predicted molar refractivity (Wildman–Crippen MR) is 64.8 cm³/mol. The second kappa shape index (κ2) is 3.08. The van der Waals surface area contributed by atoms with Gasteiger partial charge in [0.05, 0.1) is 0 Å². The number of nitrogens with zero attached hydrogens (tertiary/aromatic N) is 1. The van der Waals surface area contributed by atoms with Crippen LogP contribution in [0.25, 0.3) is 0 Å². The zero-order chi connectivity index (χ0) is 11.3. The van der Waals surface area contributed by atoms with Gasteiger partial charge < -0.3 is 0 Å². The maximum absolute atomic E-state index is 2.57. The minimum absolute atomic E-state index is 0.162. The Morgan fingerprint density at radius 1 is 1.13 bits per heavy atom. The summed E-state index contributed by atoms with van der Waals surface area (Å²) in [6.45, 7) is 12.6. The van der Waals surface area contributed by atoms with Gasteiger partial charge in [-0.25, -0.2) is 0 Å². The lowest BCUT2D eigenvalue weighted by atomic mass is 9.91. The summed E-state index contributed by atoms with van der Waals surface area (Å²) >= 11 is 0. The van der Waals surface area contributed by atoms with Crippen LogP contribution < -0.4 is 0 Å². The molecule has 0 spiro atoms. The zero-order valence-electron chi connectivity index (χ0n) is 10.5. The zero-order valence-corrected chi connectivity index (χ0v) is 10.5. The van der Waals surface area contributed by atoms with Gasteiger partial charge in [-0.2, -0.15) is 0 Å². The average Bonchev–Trinajstić information content (AvgIpc) is 2.39. The van der Waals surface area contributed by atoms with Gasteiger partial charge in [-0.1, -0.05) is 24.3 Å². The molecule has 1 aromatic carbocycles. The molecule has 1 aliphatic heterocycles. The first-order valence-electron chi connectivity index (χ1n) is 5.69. The minimum atomic E-state index is 0.162. The molecule has 15 heavy (non-hydrogen) atoms. The quantitative estimate of drug-likeness (QED) is 0.623. The van der Waals surface area contributed by atoms with Crippen molar-refractivity contribution in [2.75, 3.05) is 0 Å². The van der Waals surface area contributed by atoms with Crippen molar-refractivity contribution in [1.29, 1.82) is 0 Å². The first-order chi connectivity index (χ1) is 6.83. The Kier molecular flexibility index (Phi) is 2.20. The summed E-state index contributed by atoms with van der Waals surface area (Å²) in [6, 6.07) is 8.80. The fraction of sp³-hybridized carbons (Fsp3) is 0.571. The topological polar surface area (TPSA) is 3.24 Å². The molecule has 1 heterocycles. The van der Waals surface area contributed by atoms with Gasteiger partial charge in [-0.05, 0) is 45.7 Å². The number of hydrogen-bond donors (Lipinski definition) is 0. The molecule has 0 aliphatic carbocycles. The summed E-state index contributed by atoms with van der Waals surface area (Å²) < 4.78 is 0. The standard InChI is InChI=1S/C14H21N/c1-13(2,3)15-10-11-8-6-7-9-12(11)14(15,4)5/h6-9H,10H2,1-5H3. The van der Waals surface area contributed by atoms with E-state index in [0.717, 1.165) is 6.54 Å². The summed E-state index contributed by atoms with van der Waals surface area (Å²) in [6.07, 6.45) is 0. The molecular weight excluding hydrogens is 182 g/mol. The number of rotatable bonds is 0. The first kappa shape index (κ1) is 10.7.